The molecule has 0 spiro atoms. The Balaban J connectivity index is 1.16. The first-order valence-electron chi connectivity index (χ1n) is 15.9. The van der Waals surface area contributed by atoms with Crippen molar-refractivity contribution in [2.75, 3.05) is 49.9 Å². The zero-order chi connectivity index (χ0) is 34.7. The van der Waals surface area contributed by atoms with Crippen LogP contribution in [0, 0.1) is 0 Å². The molecular formula is C33H35BrF3N9O3. The molecule has 0 saturated carbocycles. The molecule has 2 fully saturated rings. The second kappa shape index (κ2) is 14.3. The number of anilines is 2. The van der Waals surface area contributed by atoms with Gasteiger partial charge in [-0.05, 0) is 58.6 Å². The number of nitrogens with two attached hydrogens (primary N) is 1. The molecule has 0 bridgehead atoms. The van der Waals surface area contributed by atoms with E-state index in [-0.39, 0.29) is 41.3 Å². The number of alkyl halides is 3. The van der Waals surface area contributed by atoms with Gasteiger partial charge < -0.3 is 25.8 Å². The number of piperidine rings is 1. The molecule has 0 radical (unpaired) electrons. The summed E-state index contributed by atoms with van der Waals surface area (Å²) in [6.45, 7) is 2.37. The number of nitrogens with zero attached hydrogens (tertiary/aromatic N) is 6. The van der Waals surface area contributed by atoms with Crippen LogP contribution in [-0.4, -0.2) is 86.8 Å². The van der Waals surface area contributed by atoms with Crippen LogP contribution in [-0.2, 0) is 17.4 Å². The van der Waals surface area contributed by atoms with Gasteiger partial charge in [0.1, 0.15) is 6.04 Å². The molecule has 4 heterocycles. The first kappa shape index (κ1) is 34.0. The minimum Gasteiger partial charge on any atom is -0.397 e. The largest absolute Gasteiger partial charge is 0.418 e. The lowest BCUT2D eigenvalue weighted by molar-refractivity contribution is -0.137. The molecule has 2 aromatic carbocycles. The smallest absolute Gasteiger partial charge is 0.397 e. The first-order chi connectivity index (χ1) is 23.5. The lowest BCUT2D eigenvalue weighted by Crippen LogP contribution is -2.57. The van der Waals surface area contributed by atoms with Crippen molar-refractivity contribution >= 4 is 39.2 Å². The van der Waals surface area contributed by atoms with Gasteiger partial charge in [-0.3, -0.25) is 14.8 Å². The number of likely N-dealkylation sites (tertiary alicyclic amines) is 1. The highest BCUT2D eigenvalue weighted by atomic mass is 79.9. The van der Waals surface area contributed by atoms with E-state index in [1.54, 1.807) is 22.2 Å². The van der Waals surface area contributed by atoms with Crippen molar-refractivity contribution in [2.24, 2.45) is 0 Å². The van der Waals surface area contributed by atoms with Gasteiger partial charge in [0.2, 0.25) is 5.91 Å². The van der Waals surface area contributed by atoms with Crippen molar-refractivity contribution in [1.82, 2.24) is 34.9 Å². The number of benzene rings is 2. The van der Waals surface area contributed by atoms with Crippen LogP contribution >= 0.6 is 15.9 Å². The summed E-state index contributed by atoms with van der Waals surface area (Å²) in [4.78, 5) is 52.4. The Hall–Kier alpha value is -4.86. The number of aromatic nitrogens is 4. The van der Waals surface area contributed by atoms with Crippen LogP contribution < -0.4 is 21.6 Å². The zero-order valence-corrected chi connectivity index (χ0v) is 28.0. The molecule has 2 saturated heterocycles. The lowest BCUT2D eigenvalue weighted by Gasteiger charge is -2.38. The normalized spacial score (nSPS) is 16.4. The number of amides is 3. The van der Waals surface area contributed by atoms with E-state index >= 15 is 0 Å². The second-order valence-electron chi connectivity index (χ2n) is 12.1. The highest BCUT2D eigenvalue weighted by molar-refractivity contribution is 9.10. The number of carbonyl (C=O) groups excluding carboxylic acids is 2. The number of nitrogens with one attached hydrogen (secondary N) is 2. The Kier molecular flexibility index (Phi) is 9.94. The molecule has 16 heteroatoms. The topological polar surface area (TPSA) is 145 Å². The van der Waals surface area contributed by atoms with E-state index in [9.17, 15) is 27.6 Å². The highest BCUT2D eigenvalue weighted by Gasteiger charge is 2.36. The molecule has 4 aromatic rings. The maximum Gasteiger partial charge on any atom is 0.418 e. The Morgan fingerprint density at radius 1 is 0.980 bits per heavy atom. The monoisotopic (exact) mass is 741 g/mol. The molecule has 258 valence electrons. The molecule has 2 aromatic heterocycles. The minimum atomic E-state index is -4.71. The Morgan fingerprint density at radius 2 is 1.65 bits per heavy atom. The molecule has 49 heavy (non-hydrogen) atoms. The molecule has 6 rings (SSSR count). The van der Waals surface area contributed by atoms with E-state index in [2.05, 4.69) is 41.2 Å². The number of urea groups is 1. The quantitative estimate of drug-likeness (QED) is 0.240. The van der Waals surface area contributed by atoms with E-state index in [1.165, 1.54) is 10.7 Å². The van der Waals surface area contributed by atoms with E-state index in [0.29, 0.717) is 44.8 Å². The summed E-state index contributed by atoms with van der Waals surface area (Å²) in [5, 5.41) is 7.30. The number of nitrogen functional groups attached to an aromatic ring is 1. The molecule has 1 atom stereocenters. The van der Waals surface area contributed by atoms with Crippen molar-refractivity contribution in [3.05, 3.63) is 93.1 Å². The SMILES string of the molecule is Nc1c(Br)cc(C[C@@H](NC(=O)N2CCC(n3nc(-c4ccccc4)[nH]c3=O)CC2)C(=O)N2CCN(c3ccncc3)CC2)cc1C(F)(F)F. The summed E-state index contributed by atoms with van der Waals surface area (Å²) in [5.74, 6) is 0.0624. The third-order valence-electron chi connectivity index (χ3n) is 8.94. The average Bonchev–Trinajstić information content (AvgIpc) is 3.51. The molecule has 12 nitrogen and oxygen atoms in total. The summed E-state index contributed by atoms with van der Waals surface area (Å²) in [6, 6.07) is 13.5. The number of carbonyl (C=O) groups is 2. The Morgan fingerprint density at radius 3 is 2.31 bits per heavy atom. The predicted octanol–water partition coefficient (Wildman–Crippen LogP) is 4.30. The van der Waals surface area contributed by atoms with Crippen LogP contribution in [0.3, 0.4) is 0 Å². The van der Waals surface area contributed by atoms with Gasteiger partial charge in [-0.2, -0.15) is 13.2 Å². The average molecular weight is 743 g/mol. The number of piperazine rings is 1. The van der Waals surface area contributed by atoms with E-state index in [4.69, 9.17) is 5.73 Å². The molecular weight excluding hydrogens is 707 g/mol. The zero-order valence-electron chi connectivity index (χ0n) is 26.4. The number of H-pyrrole nitrogens is 1. The summed E-state index contributed by atoms with van der Waals surface area (Å²) in [5.41, 5.74) is 5.84. The number of aromatic amines is 1. The van der Waals surface area contributed by atoms with E-state index in [0.717, 1.165) is 17.3 Å². The van der Waals surface area contributed by atoms with Crippen molar-refractivity contribution in [3.8, 4) is 11.4 Å². The van der Waals surface area contributed by atoms with Crippen LogP contribution in [0.25, 0.3) is 11.4 Å². The van der Waals surface area contributed by atoms with Crippen molar-refractivity contribution in [1.29, 1.82) is 0 Å². The highest BCUT2D eigenvalue weighted by Crippen LogP contribution is 2.38. The van der Waals surface area contributed by atoms with Crippen LogP contribution in [0.15, 0.2) is 76.3 Å². The molecule has 2 aliphatic rings. The van der Waals surface area contributed by atoms with Gasteiger partial charge in [-0.1, -0.05) is 30.3 Å². The molecule has 4 N–H and O–H groups in total. The van der Waals surface area contributed by atoms with Gasteiger partial charge in [0, 0.05) is 73.8 Å². The van der Waals surface area contributed by atoms with Crippen molar-refractivity contribution < 1.29 is 22.8 Å². The number of halogens is 4. The third kappa shape index (κ3) is 7.74. The summed E-state index contributed by atoms with van der Waals surface area (Å²) in [6.07, 6.45) is -0.619. The fourth-order valence-electron chi connectivity index (χ4n) is 6.29. The molecule has 0 aliphatic carbocycles. The summed E-state index contributed by atoms with van der Waals surface area (Å²) in [7, 11) is 0. The van der Waals surface area contributed by atoms with E-state index in [1.807, 2.05) is 42.5 Å². The molecule has 2 aliphatic heterocycles. The fraction of sp³-hybridized carbons (Fsp3) is 0.364. The maximum atomic E-state index is 13.9. The first-order valence-corrected chi connectivity index (χ1v) is 16.7. The van der Waals surface area contributed by atoms with Gasteiger partial charge in [-0.25, -0.2) is 14.3 Å². The van der Waals surface area contributed by atoms with Crippen LogP contribution in [0.4, 0.5) is 29.3 Å². The van der Waals surface area contributed by atoms with Gasteiger partial charge in [0.15, 0.2) is 5.82 Å². The van der Waals surface area contributed by atoms with E-state index < -0.39 is 35.4 Å². The third-order valence-corrected chi connectivity index (χ3v) is 9.59. The van der Waals surface area contributed by atoms with Crippen LogP contribution in [0.5, 0.6) is 0 Å². The Labute approximate surface area is 288 Å². The van der Waals surface area contributed by atoms with Gasteiger partial charge in [0.05, 0.1) is 17.3 Å². The number of hydrogen-bond donors (Lipinski definition) is 3. The lowest BCUT2D eigenvalue weighted by atomic mass is 10.0. The minimum absolute atomic E-state index is 0.0481. The summed E-state index contributed by atoms with van der Waals surface area (Å²) < 4.78 is 42.9. The Bertz CT molecular complexity index is 1840. The summed E-state index contributed by atoms with van der Waals surface area (Å²) >= 11 is 3.12. The number of hydrogen-bond acceptors (Lipinski definition) is 7. The van der Waals surface area contributed by atoms with Crippen LogP contribution in [0.1, 0.15) is 30.0 Å². The fourth-order valence-corrected chi connectivity index (χ4v) is 6.79. The number of rotatable bonds is 7. The van der Waals surface area contributed by atoms with Crippen molar-refractivity contribution in [3.63, 3.8) is 0 Å². The van der Waals surface area contributed by atoms with Gasteiger partial charge in [0.25, 0.3) is 0 Å². The van der Waals surface area contributed by atoms with Crippen molar-refractivity contribution in [2.45, 2.75) is 37.5 Å². The van der Waals surface area contributed by atoms with Gasteiger partial charge >= 0.3 is 17.9 Å². The predicted molar refractivity (Wildman–Crippen MR) is 181 cm³/mol. The van der Waals surface area contributed by atoms with Gasteiger partial charge in [-0.15, -0.1) is 5.10 Å². The maximum absolute atomic E-state index is 13.9. The van der Waals surface area contributed by atoms with Crippen LogP contribution in [0.2, 0.25) is 0 Å². The second-order valence-corrected chi connectivity index (χ2v) is 12.9. The molecule has 3 amide bonds. The number of pyridine rings is 1. The molecule has 0 unspecified atom stereocenters. The standard InChI is InChI=1S/C33H35BrF3N9O3/c34-26-19-21(18-25(28(26)38)33(35,36)37)20-27(30(47)44-16-14-43(15-17-44)23-6-10-39-11-7-23)40-31(48)45-12-8-24(9-13-45)46-32(49)41-29(42-46)22-4-2-1-3-5-22/h1-7,10-11,18-19,24,27H,8-9,12-17,20,38H2,(H,40,48)(H,41,42,49)/t27-/m1/s1.